The molecule has 1 amide bonds. The molecule has 3 heterocycles. The molecule has 0 N–H and O–H groups in total. The predicted octanol–water partition coefficient (Wildman–Crippen LogP) is 12.0. The zero-order valence-corrected chi connectivity index (χ0v) is 38.2. The monoisotopic (exact) mass is 875 g/mol. The van der Waals surface area contributed by atoms with Crippen LogP contribution in [0.4, 0.5) is 16.4 Å². The third-order valence-corrected chi connectivity index (χ3v) is 12.8. The number of nitrogens with zero attached hydrogens (tertiary/aromatic N) is 7. The second-order valence-corrected chi connectivity index (χ2v) is 17.0. The first-order chi connectivity index (χ1) is 30.2. The number of carbonyl (C=O) groups is 3. The summed E-state index contributed by atoms with van der Waals surface area (Å²) in [5, 5.41) is 38.7. The van der Waals surface area contributed by atoms with Gasteiger partial charge in [-0.1, -0.05) is 66.7 Å². The van der Waals surface area contributed by atoms with E-state index in [1.807, 2.05) is 81.4 Å². The maximum Gasteiger partial charge on any atom is 0.308 e. The topological polar surface area (TPSA) is 172 Å². The fraction of sp³-hybridized carbons (Fsp3) is 0.458. The summed E-state index contributed by atoms with van der Waals surface area (Å²) < 4.78 is 11.5. The van der Waals surface area contributed by atoms with E-state index in [-0.39, 0.29) is 59.4 Å². The fourth-order valence-corrected chi connectivity index (χ4v) is 8.72. The van der Waals surface area contributed by atoms with Gasteiger partial charge in [0.2, 0.25) is 0 Å². The van der Waals surface area contributed by atoms with Crippen molar-refractivity contribution in [2.75, 3.05) is 37.7 Å². The number of rotatable bonds is 25. The predicted molar refractivity (Wildman–Crippen MR) is 246 cm³/mol. The van der Waals surface area contributed by atoms with E-state index in [4.69, 9.17) is 9.47 Å². The third-order valence-electron chi connectivity index (χ3n) is 10.6. The van der Waals surface area contributed by atoms with E-state index in [0.29, 0.717) is 36.7 Å². The Balaban J connectivity index is 1.43. The van der Waals surface area contributed by atoms with E-state index in [2.05, 4.69) is 35.0 Å². The Morgan fingerprint density at radius 3 is 1.89 bits per heavy atom. The lowest BCUT2D eigenvalue weighted by Crippen LogP contribution is -2.33. The van der Waals surface area contributed by atoms with Crippen LogP contribution in [-0.2, 0) is 23.9 Å². The number of ether oxygens (including phenoxy) is 2. The van der Waals surface area contributed by atoms with Gasteiger partial charge in [0.1, 0.15) is 36.4 Å². The lowest BCUT2D eigenvalue weighted by molar-refractivity contribution is -0.149. The van der Waals surface area contributed by atoms with Gasteiger partial charge in [-0.25, -0.2) is 0 Å². The van der Waals surface area contributed by atoms with E-state index in [9.17, 15) is 30.2 Å². The van der Waals surface area contributed by atoms with Crippen molar-refractivity contribution in [1.82, 2.24) is 4.90 Å². The summed E-state index contributed by atoms with van der Waals surface area (Å²) in [5.74, 6) is -0.946. The molecule has 0 saturated heterocycles. The van der Waals surface area contributed by atoms with E-state index in [1.165, 1.54) is 27.6 Å². The van der Waals surface area contributed by atoms with Crippen LogP contribution >= 0.6 is 22.7 Å². The molecule has 0 radical (unpaired) electrons. The van der Waals surface area contributed by atoms with E-state index >= 15 is 0 Å². The van der Waals surface area contributed by atoms with Crippen LogP contribution < -0.4 is 4.90 Å². The largest absolute Gasteiger partial charge is 0.464 e. The average molecular weight is 876 g/mol. The molecular formula is C48H57N7O5S2. The Bertz CT molecular complexity index is 2180. The summed E-state index contributed by atoms with van der Waals surface area (Å²) in [6, 6.07) is 21.1. The number of nitriles is 3. The molecule has 1 aromatic carbocycles. The highest BCUT2D eigenvalue weighted by Crippen LogP contribution is 2.39. The number of unbranched alkanes of at least 4 members (excludes halogenated alkanes) is 3. The number of azo groups is 1. The van der Waals surface area contributed by atoms with Gasteiger partial charge in [-0.2, -0.15) is 15.8 Å². The van der Waals surface area contributed by atoms with Gasteiger partial charge in [0.15, 0.2) is 5.57 Å². The van der Waals surface area contributed by atoms with Gasteiger partial charge in [-0.15, -0.1) is 32.9 Å². The molecule has 0 bridgehead atoms. The van der Waals surface area contributed by atoms with E-state index < -0.39 is 5.91 Å². The highest BCUT2D eigenvalue weighted by Gasteiger charge is 2.36. The summed E-state index contributed by atoms with van der Waals surface area (Å²) in [6.07, 6.45) is 12.0. The van der Waals surface area contributed by atoms with Gasteiger partial charge < -0.3 is 19.3 Å². The van der Waals surface area contributed by atoms with Crippen LogP contribution in [0.5, 0.6) is 0 Å². The second-order valence-electron chi connectivity index (χ2n) is 14.9. The van der Waals surface area contributed by atoms with Gasteiger partial charge in [0.25, 0.3) is 5.91 Å². The number of esters is 2. The molecule has 326 valence electrons. The first-order valence-electron chi connectivity index (χ1n) is 21.7. The molecule has 1 aliphatic rings. The van der Waals surface area contributed by atoms with Crippen molar-refractivity contribution >= 4 is 63.0 Å². The number of carbonyl (C=O) groups excluding carboxylic acids is 3. The van der Waals surface area contributed by atoms with Crippen molar-refractivity contribution in [2.45, 2.75) is 98.8 Å². The summed E-state index contributed by atoms with van der Waals surface area (Å²) in [5.41, 5.74) is 1.54. The summed E-state index contributed by atoms with van der Waals surface area (Å²) in [6.45, 7) is 11.9. The Morgan fingerprint density at radius 1 is 0.758 bits per heavy atom. The van der Waals surface area contributed by atoms with Crippen molar-refractivity contribution in [1.29, 1.82) is 15.8 Å². The van der Waals surface area contributed by atoms with Crippen LogP contribution in [0.2, 0.25) is 0 Å². The molecule has 3 aromatic rings. The Morgan fingerprint density at radius 2 is 1.34 bits per heavy atom. The molecule has 0 saturated carbocycles. The molecule has 62 heavy (non-hydrogen) atoms. The Hall–Kier alpha value is -5.88. The van der Waals surface area contributed by atoms with Crippen molar-refractivity contribution in [3.8, 4) is 28.0 Å². The summed E-state index contributed by atoms with van der Waals surface area (Å²) >= 11 is 2.99. The zero-order chi connectivity index (χ0) is 44.9. The van der Waals surface area contributed by atoms with Gasteiger partial charge in [-0.05, 0) is 92.8 Å². The van der Waals surface area contributed by atoms with Crippen LogP contribution in [0.1, 0.15) is 104 Å². The lowest BCUT2D eigenvalue weighted by Gasteiger charge is -2.25. The van der Waals surface area contributed by atoms with Crippen LogP contribution in [0.15, 0.2) is 87.3 Å². The summed E-state index contributed by atoms with van der Waals surface area (Å²) in [7, 11) is 0. The Labute approximate surface area is 374 Å². The molecule has 2 aromatic heterocycles. The van der Waals surface area contributed by atoms with Crippen LogP contribution in [-0.4, -0.2) is 55.6 Å². The standard InChI is InChI=1S/C48H57N7O5S2/c1-6-11-14-34(9-4)47(57)59-29-27-54(28-30-60-48(58)35(10-5)15-12-7-2)38-18-16-37(17-19-38)52-53-44-25-24-43(62-44)42-23-21-39(61-42)20-22-40-41(33-51)45(36(31-49)32-50)55(46(40)56)26-13-8-3/h16-25,34-35H,6-15,26-30H2,1-5H3/b22-20+,53-52+. The highest BCUT2D eigenvalue weighted by atomic mass is 32.1. The zero-order valence-electron chi connectivity index (χ0n) is 36.5. The minimum Gasteiger partial charge on any atom is -0.464 e. The molecular weight excluding hydrogens is 819 g/mol. The molecule has 0 spiro atoms. The normalized spacial score (nSPS) is 13.6. The van der Waals surface area contributed by atoms with Crippen molar-refractivity contribution in [3.05, 3.63) is 81.9 Å². The van der Waals surface area contributed by atoms with Crippen LogP contribution in [0, 0.1) is 45.8 Å². The van der Waals surface area contributed by atoms with E-state index in [1.54, 1.807) is 12.2 Å². The second kappa shape index (κ2) is 25.8. The van der Waals surface area contributed by atoms with Crippen molar-refractivity contribution in [2.24, 2.45) is 22.1 Å². The molecule has 1 aliphatic heterocycles. The molecule has 2 unspecified atom stereocenters. The number of allylic oxidation sites excluding steroid dienone is 2. The van der Waals surface area contributed by atoms with Crippen LogP contribution in [0.3, 0.4) is 0 Å². The fourth-order valence-electron chi connectivity index (χ4n) is 6.89. The maximum atomic E-state index is 13.4. The number of hydrogen-bond donors (Lipinski definition) is 0. The smallest absolute Gasteiger partial charge is 0.308 e. The van der Waals surface area contributed by atoms with Gasteiger partial charge in [0.05, 0.1) is 47.5 Å². The highest BCUT2D eigenvalue weighted by molar-refractivity contribution is 7.24. The van der Waals surface area contributed by atoms with Gasteiger partial charge in [0, 0.05) is 26.9 Å². The molecule has 4 rings (SSSR count). The average Bonchev–Trinajstić information content (AvgIpc) is 4.03. The van der Waals surface area contributed by atoms with Gasteiger partial charge >= 0.3 is 11.9 Å². The minimum absolute atomic E-state index is 0.0270. The van der Waals surface area contributed by atoms with Crippen molar-refractivity contribution < 1.29 is 23.9 Å². The quantitative estimate of drug-likeness (QED) is 0.0456. The van der Waals surface area contributed by atoms with Crippen LogP contribution in [0.25, 0.3) is 15.8 Å². The Kier molecular flexibility index (Phi) is 20.3. The van der Waals surface area contributed by atoms with E-state index in [0.717, 1.165) is 78.1 Å². The molecule has 0 fully saturated rings. The number of hydrogen-bond acceptors (Lipinski definition) is 13. The number of thiophene rings is 2. The molecule has 12 nitrogen and oxygen atoms in total. The molecule has 0 aliphatic carbocycles. The third kappa shape index (κ3) is 13.6. The molecule has 14 heteroatoms. The van der Waals surface area contributed by atoms with Gasteiger partial charge in [-0.3, -0.25) is 14.4 Å². The first-order valence-corrected chi connectivity index (χ1v) is 23.3. The SMILES string of the molecule is CCCCC(CC)C(=O)OCCN(CCOC(=O)C(CC)CCCC)c1ccc(/N=N/c2ccc(-c3ccc(/C=C/C4=C(C#N)C(=C(C#N)C#N)N(CCCC)C4=O)s3)s2)cc1. The lowest BCUT2D eigenvalue weighted by atomic mass is 10.00. The van der Waals surface area contributed by atoms with Crippen molar-refractivity contribution in [3.63, 3.8) is 0 Å². The minimum atomic E-state index is -0.400. The number of anilines is 1. The number of benzene rings is 1. The molecule has 2 atom stereocenters. The maximum absolute atomic E-state index is 13.4. The number of amides is 1. The summed E-state index contributed by atoms with van der Waals surface area (Å²) in [4.78, 5) is 45.3. The first kappa shape index (κ1) is 48.8.